The molecule has 2 bridgehead atoms. The predicted octanol–water partition coefficient (Wildman–Crippen LogP) is 2.76. The molecule has 3 atom stereocenters. The summed E-state index contributed by atoms with van der Waals surface area (Å²) < 4.78 is 0. The van der Waals surface area contributed by atoms with Crippen LogP contribution in [0.3, 0.4) is 0 Å². The van der Waals surface area contributed by atoms with Gasteiger partial charge in [-0.1, -0.05) is 13.8 Å². The van der Waals surface area contributed by atoms with E-state index in [1.807, 2.05) is 0 Å². The first-order valence-electron chi connectivity index (χ1n) is 5.85. The molecule has 13 heavy (non-hydrogen) atoms. The van der Waals surface area contributed by atoms with Crippen LogP contribution in [0.4, 0.5) is 0 Å². The minimum absolute atomic E-state index is 0.767. The molecule has 1 nitrogen and oxygen atoms in total. The molecule has 1 saturated carbocycles. The van der Waals surface area contributed by atoms with Gasteiger partial charge in [-0.2, -0.15) is 0 Å². The summed E-state index contributed by atoms with van der Waals surface area (Å²) in [5.41, 5.74) is 0. The highest BCUT2D eigenvalue weighted by molar-refractivity contribution is 4.98. The Kier molecular flexibility index (Phi) is 2.39. The number of nitrogens with zero attached hydrogens (tertiary/aromatic N) is 1. The molecule has 1 saturated heterocycles. The molecule has 3 unspecified atom stereocenters. The number of rotatable bonds is 2. The van der Waals surface area contributed by atoms with Crippen LogP contribution in [0.25, 0.3) is 0 Å². The predicted molar refractivity (Wildman–Crippen MR) is 56.7 cm³/mol. The maximum Gasteiger partial charge on any atom is 0.0104 e. The van der Waals surface area contributed by atoms with Crippen molar-refractivity contribution in [2.24, 2.45) is 17.8 Å². The Morgan fingerprint density at radius 1 is 1.08 bits per heavy atom. The van der Waals surface area contributed by atoms with E-state index in [9.17, 15) is 0 Å². The highest BCUT2D eigenvalue weighted by Crippen LogP contribution is 2.45. The second-order valence-electron chi connectivity index (χ2n) is 5.58. The van der Waals surface area contributed by atoms with Gasteiger partial charge in [-0.3, -0.25) is 4.90 Å². The smallest absolute Gasteiger partial charge is 0.0104 e. The second-order valence-corrected chi connectivity index (χ2v) is 5.58. The summed E-state index contributed by atoms with van der Waals surface area (Å²) in [7, 11) is 0. The first-order valence-corrected chi connectivity index (χ1v) is 5.85. The average Bonchev–Trinajstić information content (AvgIpc) is 2.60. The third-order valence-corrected chi connectivity index (χ3v) is 4.16. The number of likely N-dealkylation sites (tertiary alicyclic amines) is 1. The van der Waals surface area contributed by atoms with E-state index in [4.69, 9.17) is 0 Å². The van der Waals surface area contributed by atoms with Crippen LogP contribution in [0.1, 0.15) is 40.5 Å². The molecule has 0 aromatic carbocycles. The summed E-state index contributed by atoms with van der Waals surface area (Å²) in [5, 5.41) is 0. The Balaban J connectivity index is 1.99. The molecule has 0 radical (unpaired) electrons. The fraction of sp³-hybridized carbons (Fsp3) is 1.00. The van der Waals surface area contributed by atoms with Gasteiger partial charge in [0.15, 0.2) is 0 Å². The molecule has 2 rings (SSSR count). The van der Waals surface area contributed by atoms with E-state index in [0.717, 1.165) is 29.8 Å². The Labute approximate surface area is 82.5 Å². The quantitative estimate of drug-likeness (QED) is 0.633. The van der Waals surface area contributed by atoms with E-state index >= 15 is 0 Å². The van der Waals surface area contributed by atoms with E-state index in [2.05, 4.69) is 32.6 Å². The molecule has 2 fully saturated rings. The van der Waals surface area contributed by atoms with Crippen molar-refractivity contribution < 1.29 is 0 Å². The van der Waals surface area contributed by atoms with Crippen LogP contribution in [-0.2, 0) is 0 Å². The van der Waals surface area contributed by atoms with Crippen LogP contribution in [0.2, 0.25) is 0 Å². The van der Waals surface area contributed by atoms with Gasteiger partial charge in [0.25, 0.3) is 0 Å². The van der Waals surface area contributed by atoms with Crippen molar-refractivity contribution in [3.8, 4) is 0 Å². The summed E-state index contributed by atoms with van der Waals surface area (Å²) in [6, 6.07) is 1.69. The molecule has 1 heterocycles. The Morgan fingerprint density at radius 2 is 1.77 bits per heavy atom. The molecule has 0 aromatic rings. The summed E-state index contributed by atoms with van der Waals surface area (Å²) in [5.74, 6) is 2.96. The molecule has 0 aromatic heterocycles. The molecular weight excluding hydrogens is 158 g/mol. The zero-order chi connectivity index (χ0) is 9.59. The lowest BCUT2D eigenvalue weighted by Crippen LogP contribution is -2.41. The van der Waals surface area contributed by atoms with Gasteiger partial charge in [-0.05, 0) is 44.4 Å². The molecule has 1 aliphatic carbocycles. The van der Waals surface area contributed by atoms with Crippen LogP contribution >= 0.6 is 0 Å². The zero-order valence-electron chi connectivity index (χ0n) is 9.46. The van der Waals surface area contributed by atoms with Crippen LogP contribution in [-0.4, -0.2) is 23.5 Å². The fourth-order valence-electron chi connectivity index (χ4n) is 3.48. The molecule has 2 aliphatic rings. The fourth-order valence-corrected chi connectivity index (χ4v) is 3.48. The van der Waals surface area contributed by atoms with Gasteiger partial charge in [0.1, 0.15) is 0 Å². The van der Waals surface area contributed by atoms with Crippen molar-refractivity contribution in [3.05, 3.63) is 0 Å². The van der Waals surface area contributed by atoms with E-state index in [1.165, 1.54) is 19.4 Å². The van der Waals surface area contributed by atoms with Gasteiger partial charge in [-0.15, -0.1) is 0 Å². The highest BCUT2D eigenvalue weighted by atomic mass is 15.2. The van der Waals surface area contributed by atoms with E-state index in [0.29, 0.717) is 0 Å². The lowest BCUT2D eigenvalue weighted by atomic mass is 9.84. The maximum absolute atomic E-state index is 2.71. The second kappa shape index (κ2) is 3.27. The average molecular weight is 181 g/mol. The van der Waals surface area contributed by atoms with Gasteiger partial charge < -0.3 is 0 Å². The number of piperidine rings is 1. The van der Waals surface area contributed by atoms with Crippen molar-refractivity contribution in [2.75, 3.05) is 6.54 Å². The molecule has 0 amide bonds. The van der Waals surface area contributed by atoms with Crippen molar-refractivity contribution >= 4 is 0 Å². The van der Waals surface area contributed by atoms with Crippen LogP contribution in [0.15, 0.2) is 0 Å². The van der Waals surface area contributed by atoms with Crippen molar-refractivity contribution in [3.63, 3.8) is 0 Å². The van der Waals surface area contributed by atoms with Gasteiger partial charge >= 0.3 is 0 Å². The van der Waals surface area contributed by atoms with Crippen LogP contribution in [0, 0.1) is 17.8 Å². The normalized spacial score (nSPS) is 39.7. The Morgan fingerprint density at radius 3 is 2.15 bits per heavy atom. The molecule has 0 N–H and O–H groups in total. The van der Waals surface area contributed by atoms with E-state index < -0.39 is 0 Å². The Hall–Kier alpha value is -0.0400. The minimum Gasteiger partial charge on any atom is -0.298 e. The topological polar surface area (TPSA) is 3.24 Å². The van der Waals surface area contributed by atoms with Crippen molar-refractivity contribution in [1.29, 1.82) is 0 Å². The summed E-state index contributed by atoms with van der Waals surface area (Å²) in [6.45, 7) is 10.8. The zero-order valence-corrected chi connectivity index (χ0v) is 9.46. The largest absolute Gasteiger partial charge is 0.298 e. The number of fused-ring (bicyclic) bond motifs is 2. The molecule has 76 valence electrons. The number of hydrogen-bond donors (Lipinski definition) is 0. The number of hydrogen-bond acceptors (Lipinski definition) is 1. The molecule has 1 aliphatic heterocycles. The van der Waals surface area contributed by atoms with Gasteiger partial charge in [0, 0.05) is 18.6 Å². The molecular formula is C12H23N. The lowest BCUT2D eigenvalue weighted by Gasteiger charge is -2.35. The third-order valence-electron chi connectivity index (χ3n) is 4.16. The third kappa shape index (κ3) is 1.52. The van der Waals surface area contributed by atoms with Crippen LogP contribution < -0.4 is 0 Å². The standard InChI is InChI=1S/C12H23N/c1-8(2)12-6-11-5-10(12)7-13(11)9(3)4/h8-12H,5-7H2,1-4H3. The van der Waals surface area contributed by atoms with Crippen molar-refractivity contribution in [1.82, 2.24) is 4.90 Å². The molecule has 1 heteroatoms. The summed E-state index contributed by atoms with van der Waals surface area (Å²) in [6.07, 6.45) is 2.96. The van der Waals surface area contributed by atoms with Gasteiger partial charge in [0.05, 0.1) is 0 Å². The monoisotopic (exact) mass is 181 g/mol. The summed E-state index contributed by atoms with van der Waals surface area (Å²) >= 11 is 0. The van der Waals surface area contributed by atoms with E-state index in [1.54, 1.807) is 0 Å². The van der Waals surface area contributed by atoms with Gasteiger partial charge in [0.2, 0.25) is 0 Å². The highest BCUT2D eigenvalue weighted by Gasteiger charge is 2.45. The first-order chi connectivity index (χ1) is 6.09. The van der Waals surface area contributed by atoms with Crippen molar-refractivity contribution in [2.45, 2.75) is 52.6 Å². The minimum atomic E-state index is 0.767. The summed E-state index contributed by atoms with van der Waals surface area (Å²) in [4.78, 5) is 2.71. The first kappa shape index (κ1) is 9.51. The SMILES string of the molecule is CC(C)C1CC2CC1CN2C(C)C. The lowest BCUT2D eigenvalue weighted by molar-refractivity contribution is 0.120. The van der Waals surface area contributed by atoms with E-state index in [-0.39, 0.29) is 0 Å². The van der Waals surface area contributed by atoms with Crippen LogP contribution in [0.5, 0.6) is 0 Å². The molecule has 0 spiro atoms. The van der Waals surface area contributed by atoms with Gasteiger partial charge in [-0.25, -0.2) is 0 Å². The maximum atomic E-state index is 2.71. The Bertz CT molecular complexity index is 166.